The number of ether oxygens (including phenoxy) is 1. The molecule has 2 amide bonds. The molecule has 0 saturated carbocycles. The van der Waals surface area contributed by atoms with Crippen LogP contribution in [0.1, 0.15) is 20.7 Å². The summed E-state index contributed by atoms with van der Waals surface area (Å²) in [6.45, 7) is -0.422. The van der Waals surface area contributed by atoms with Gasteiger partial charge in [0.25, 0.3) is 11.8 Å². The summed E-state index contributed by atoms with van der Waals surface area (Å²) >= 11 is 13.1. The van der Waals surface area contributed by atoms with Gasteiger partial charge >= 0.3 is 5.97 Å². The summed E-state index contributed by atoms with van der Waals surface area (Å²) in [4.78, 5) is 37.8. The topological polar surface area (TPSA) is 63.7 Å². The number of nitrogens with zero attached hydrogens (tertiary/aromatic N) is 1. The second-order valence-electron chi connectivity index (χ2n) is 5.09. The lowest BCUT2D eigenvalue weighted by molar-refractivity contribution is -0.142. The highest BCUT2D eigenvalue weighted by Crippen LogP contribution is 2.30. The molecule has 5 nitrogen and oxygen atoms in total. The Hall–Kier alpha value is -2.02. The third-order valence-electron chi connectivity index (χ3n) is 3.47. The molecule has 0 N–H and O–H groups in total. The highest BCUT2D eigenvalue weighted by Gasteiger charge is 2.35. The van der Waals surface area contributed by atoms with Crippen LogP contribution >= 0.6 is 35.0 Å². The first-order valence-corrected chi connectivity index (χ1v) is 8.90. The van der Waals surface area contributed by atoms with E-state index in [1.165, 1.54) is 0 Å². The number of carbonyl (C=O) groups excluding carboxylic acids is 3. The summed E-state index contributed by atoms with van der Waals surface area (Å²) in [5.74, 6) is -1.54. The van der Waals surface area contributed by atoms with Crippen LogP contribution in [0.15, 0.2) is 47.4 Å². The molecule has 0 bridgehead atoms. The van der Waals surface area contributed by atoms with E-state index in [0.29, 0.717) is 26.1 Å². The first-order valence-electron chi connectivity index (χ1n) is 7.16. The van der Waals surface area contributed by atoms with Crippen LogP contribution in [-0.2, 0) is 9.53 Å². The summed E-state index contributed by atoms with van der Waals surface area (Å²) in [5, 5.41) is 0.980. The first-order chi connectivity index (χ1) is 12.0. The van der Waals surface area contributed by atoms with E-state index in [-0.39, 0.29) is 5.75 Å². The van der Waals surface area contributed by atoms with Gasteiger partial charge in [-0.3, -0.25) is 14.4 Å². The van der Waals surface area contributed by atoms with Crippen molar-refractivity contribution in [2.75, 3.05) is 12.5 Å². The van der Waals surface area contributed by atoms with Gasteiger partial charge in [-0.05, 0) is 30.3 Å². The maximum atomic E-state index is 12.2. The molecule has 3 rings (SSSR count). The van der Waals surface area contributed by atoms with Crippen LogP contribution in [-0.4, -0.2) is 35.2 Å². The number of esters is 1. The minimum Gasteiger partial charge on any atom is -0.443 e. The van der Waals surface area contributed by atoms with Crippen molar-refractivity contribution in [3.63, 3.8) is 0 Å². The highest BCUT2D eigenvalue weighted by molar-refractivity contribution is 8.00. The summed E-state index contributed by atoms with van der Waals surface area (Å²) in [7, 11) is 0. The molecule has 0 aliphatic carbocycles. The summed E-state index contributed by atoms with van der Waals surface area (Å²) < 4.78 is 5.04. The van der Waals surface area contributed by atoms with Crippen LogP contribution in [0.5, 0.6) is 0 Å². The van der Waals surface area contributed by atoms with Crippen molar-refractivity contribution in [1.82, 2.24) is 4.90 Å². The van der Waals surface area contributed by atoms with Crippen molar-refractivity contribution in [2.45, 2.75) is 4.90 Å². The molecule has 0 aromatic heterocycles. The van der Waals surface area contributed by atoms with Gasteiger partial charge in [0, 0.05) is 9.92 Å². The lowest BCUT2D eigenvalue weighted by Crippen LogP contribution is -2.33. The zero-order valence-corrected chi connectivity index (χ0v) is 15.0. The monoisotopic (exact) mass is 395 g/mol. The summed E-state index contributed by atoms with van der Waals surface area (Å²) in [5.41, 5.74) is 0.618. The van der Waals surface area contributed by atoms with Gasteiger partial charge < -0.3 is 4.74 Å². The standard InChI is InChI=1S/C17H11Cl2NO4S/c18-10-5-6-13(19)14(7-10)25-8-15(21)24-9-20-16(22)11-3-1-2-4-12(11)17(20)23/h1-7H,8-9H2. The molecule has 128 valence electrons. The van der Waals surface area contributed by atoms with Crippen molar-refractivity contribution in [1.29, 1.82) is 0 Å². The molecule has 0 saturated heterocycles. The molecule has 25 heavy (non-hydrogen) atoms. The third-order valence-corrected chi connectivity index (χ3v) is 5.18. The van der Waals surface area contributed by atoms with E-state index in [1.807, 2.05) is 0 Å². The van der Waals surface area contributed by atoms with Crippen molar-refractivity contribution >= 4 is 52.7 Å². The number of thioether (sulfide) groups is 1. The molecular formula is C17H11Cl2NO4S. The summed E-state index contributed by atoms with van der Waals surface area (Å²) in [6.07, 6.45) is 0. The number of carbonyl (C=O) groups is 3. The Balaban J connectivity index is 1.56. The van der Waals surface area contributed by atoms with Crippen molar-refractivity contribution in [2.24, 2.45) is 0 Å². The van der Waals surface area contributed by atoms with E-state index in [0.717, 1.165) is 16.7 Å². The van der Waals surface area contributed by atoms with Crippen molar-refractivity contribution in [3.8, 4) is 0 Å². The molecule has 2 aromatic carbocycles. The largest absolute Gasteiger partial charge is 0.443 e. The minimum absolute atomic E-state index is 0.0246. The van der Waals surface area contributed by atoms with Gasteiger partial charge in [-0.25, -0.2) is 4.90 Å². The van der Waals surface area contributed by atoms with Gasteiger partial charge in [0.05, 0.1) is 21.9 Å². The van der Waals surface area contributed by atoms with E-state index in [9.17, 15) is 14.4 Å². The zero-order valence-electron chi connectivity index (χ0n) is 12.7. The predicted molar refractivity (Wildman–Crippen MR) is 95.1 cm³/mol. The highest BCUT2D eigenvalue weighted by atomic mass is 35.5. The van der Waals surface area contributed by atoms with Gasteiger partial charge in [0.15, 0.2) is 6.73 Å². The van der Waals surface area contributed by atoms with E-state index < -0.39 is 24.5 Å². The van der Waals surface area contributed by atoms with E-state index in [2.05, 4.69) is 0 Å². The Morgan fingerprint density at radius 2 is 1.68 bits per heavy atom. The Morgan fingerprint density at radius 1 is 1.04 bits per heavy atom. The number of fused-ring (bicyclic) bond motifs is 1. The zero-order chi connectivity index (χ0) is 18.0. The number of halogens is 2. The lowest BCUT2D eigenvalue weighted by Gasteiger charge is -2.14. The van der Waals surface area contributed by atoms with Gasteiger partial charge in [-0.1, -0.05) is 35.3 Å². The maximum absolute atomic E-state index is 12.2. The van der Waals surface area contributed by atoms with Gasteiger partial charge in [0.1, 0.15) is 0 Å². The fourth-order valence-electron chi connectivity index (χ4n) is 2.26. The average molecular weight is 396 g/mol. The molecular weight excluding hydrogens is 385 g/mol. The summed E-state index contributed by atoms with van der Waals surface area (Å²) in [6, 6.07) is 11.4. The Kier molecular flexibility index (Phi) is 5.32. The number of rotatable bonds is 5. The molecule has 8 heteroatoms. The molecule has 2 aromatic rings. The SMILES string of the molecule is O=C(CSc1cc(Cl)ccc1Cl)OCN1C(=O)c2ccccc2C1=O. The normalized spacial score (nSPS) is 13.1. The number of amides is 2. The molecule has 1 aliphatic heterocycles. The van der Waals surface area contributed by atoms with E-state index >= 15 is 0 Å². The smallest absolute Gasteiger partial charge is 0.318 e. The second-order valence-corrected chi connectivity index (χ2v) is 6.95. The van der Waals surface area contributed by atoms with Gasteiger partial charge in [-0.2, -0.15) is 0 Å². The van der Waals surface area contributed by atoms with Crippen LogP contribution in [0, 0.1) is 0 Å². The molecule has 0 fully saturated rings. The van der Waals surface area contributed by atoms with E-state index in [4.69, 9.17) is 27.9 Å². The third kappa shape index (κ3) is 3.81. The lowest BCUT2D eigenvalue weighted by atomic mass is 10.1. The van der Waals surface area contributed by atoms with Crippen LogP contribution in [0.25, 0.3) is 0 Å². The molecule has 1 heterocycles. The fourth-order valence-corrected chi connectivity index (χ4v) is 3.55. The predicted octanol–water partition coefficient (Wildman–Crippen LogP) is 3.88. The number of benzene rings is 2. The van der Waals surface area contributed by atoms with Gasteiger partial charge in [-0.15, -0.1) is 11.8 Å². The van der Waals surface area contributed by atoms with E-state index in [1.54, 1.807) is 42.5 Å². The van der Waals surface area contributed by atoms with Crippen LogP contribution in [0.3, 0.4) is 0 Å². The molecule has 1 aliphatic rings. The van der Waals surface area contributed by atoms with Crippen molar-refractivity contribution in [3.05, 3.63) is 63.6 Å². The Morgan fingerprint density at radius 3 is 2.32 bits per heavy atom. The van der Waals surface area contributed by atoms with Gasteiger partial charge in [0.2, 0.25) is 0 Å². The quantitative estimate of drug-likeness (QED) is 0.436. The number of hydrogen-bond donors (Lipinski definition) is 0. The molecule has 0 unspecified atom stereocenters. The maximum Gasteiger partial charge on any atom is 0.318 e. The molecule has 0 atom stereocenters. The molecule has 0 radical (unpaired) electrons. The number of imide groups is 1. The Bertz CT molecular complexity index is 836. The van der Waals surface area contributed by atoms with Crippen LogP contribution in [0.2, 0.25) is 10.0 Å². The Labute approximate surface area is 157 Å². The number of hydrogen-bond acceptors (Lipinski definition) is 5. The van der Waals surface area contributed by atoms with Crippen LogP contribution in [0.4, 0.5) is 0 Å². The molecule has 0 spiro atoms. The van der Waals surface area contributed by atoms with Crippen molar-refractivity contribution < 1.29 is 19.1 Å². The average Bonchev–Trinajstić information content (AvgIpc) is 2.85. The second kappa shape index (κ2) is 7.47. The first kappa shape index (κ1) is 17.8. The minimum atomic E-state index is -0.572. The fraction of sp³-hybridized carbons (Fsp3) is 0.118. The van der Waals surface area contributed by atoms with Crippen LogP contribution < -0.4 is 0 Å².